The summed E-state index contributed by atoms with van der Waals surface area (Å²) in [5, 5.41) is 0.724. The van der Waals surface area contributed by atoms with Crippen molar-refractivity contribution in [3.8, 4) is 0 Å². The molecule has 0 aromatic heterocycles. The van der Waals surface area contributed by atoms with E-state index in [0.717, 1.165) is 21.5 Å². The fraction of sp³-hybridized carbons (Fsp3) is 0.143. The number of benzene rings is 2. The van der Waals surface area contributed by atoms with E-state index < -0.39 is 0 Å². The zero-order chi connectivity index (χ0) is 12.3. The first kappa shape index (κ1) is 12.6. The highest BCUT2D eigenvalue weighted by atomic mass is 79.9. The Balaban J connectivity index is 2.13. The minimum absolute atomic E-state index is 0.0178. The van der Waals surface area contributed by atoms with Gasteiger partial charge in [-0.3, -0.25) is 0 Å². The normalized spacial score (nSPS) is 12.4. The minimum Gasteiger partial charge on any atom is -0.324 e. The number of nitrogens with two attached hydrogens (primary N) is 1. The van der Waals surface area contributed by atoms with Gasteiger partial charge in [-0.2, -0.15) is 0 Å². The molecule has 3 heteroatoms. The molecule has 0 heterocycles. The molecule has 2 rings (SSSR count). The zero-order valence-electron chi connectivity index (χ0n) is 9.24. The van der Waals surface area contributed by atoms with Crippen molar-refractivity contribution in [2.75, 3.05) is 0 Å². The molecule has 0 radical (unpaired) electrons. The molecule has 1 unspecified atom stereocenters. The Morgan fingerprint density at radius 2 is 1.82 bits per heavy atom. The van der Waals surface area contributed by atoms with Crippen LogP contribution in [0.3, 0.4) is 0 Å². The van der Waals surface area contributed by atoms with Crippen LogP contribution < -0.4 is 5.73 Å². The van der Waals surface area contributed by atoms with Crippen LogP contribution in [0.2, 0.25) is 5.02 Å². The number of hydrogen-bond acceptors (Lipinski definition) is 1. The van der Waals surface area contributed by atoms with Crippen molar-refractivity contribution in [2.45, 2.75) is 12.5 Å². The van der Waals surface area contributed by atoms with Crippen LogP contribution in [0.25, 0.3) is 0 Å². The van der Waals surface area contributed by atoms with Gasteiger partial charge in [0.15, 0.2) is 0 Å². The van der Waals surface area contributed by atoms with Crippen molar-refractivity contribution < 1.29 is 0 Å². The molecule has 0 saturated carbocycles. The van der Waals surface area contributed by atoms with Gasteiger partial charge >= 0.3 is 0 Å². The molecule has 0 fully saturated rings. The van der Waals surface area contributed by atoms with Crippen LogP contribution in [-0.2, 0) is 6.42 Å². The molecule has 2 aromatic carbocycles. The largest absolute Gasteiger partial charge is 0.324 e. The molecule has 0 aliphatic rings. The number of hydrogen-bond donors (Lipinski definition) is 1. The van der Waals surface area contributed by atoms with Crippen molar-refractivity contribution in [3.05, 3.63) is 69.2 Å². The molecule has 0 bridgehead atoms. The molecular formula is C14H13BrClN. The standard InChI is InChI=1S/C14H13BrClN/c15-12-8-10(6-7-13(12)16)9-14(17)11-4-2-1-3-5-11/h1-8,14H,9,17H2. The molecule has 0 aliphatic carbocycles. The smallest absolute Gasteiger partial charge is 0.0548 e. The monoisotopic (exact) mass is 309 g/mol. The third kappa shape index (κ3) is 3.32. The van der Waals surface area contributed by atoms with E-state index in [2.05, 4.69) is 28.1 Å². The van der Waals surface area contributed by atoms with Crippen LogP contribution in [0.15, 0.2) is 53.0 Å². The first-order valence-electron chi connectivity index (χ1n) is 5.41. The van der Waals surface area contributed by atoms with E-state index in [1.54, 1.807) is 0 Å². The maximum absolute atomic E-state index is 6.17. The SMILES string of the molecule is NC(Cc1ccc(Cl)c(Br)c1)c1ccccc1. The average Bonchev–Trinajstić information content (AvgIpc) is 2.35. The summed E-state index contributed by atoms with van der Waals surface area (Å²) in [4.78, 5) is 0. The maximum Gasteiger partial charge on any atom is 0.0548 e. The lowest BCUT2D eigenvalue weighted by atomic mass is 10.00. The highest BCUT2D eigenvalue weighted by Gasteiger charge is 2.07. The van der Waals surface area contributed by atoms with E-state index in [9.17, 15) is 0 Å². The molecule has 0 spiro atoms. The highest BCUT2D eigenvalue weighted by molar-refractivity contribution is 9.10. The summed E-state index contributed by atoms with van der Waals surface area (Å²) in [6.07, 6.45) is 0.805. The first-order valence-corrected chi connectivity index (χ1v) is 6.58. The van der Waals surface area contributed by atoms with Gasteiger partial charge in [0, 0.05) is 10.5 Å². The summed E-state index contributed by atoms with van der Waals surface area (Å²) in [6, 6.07) is 16.0. The lowest BCUT2D eigenvalue weighted by Gasteiger charge is -2.12. The highest BCUT2D eigenvalue weighted by Crippen LogP contribution is 2.25. The van der Waals surface area contributed by atoms with Gasteiger partial charge in [-0.15, -0.1) is 0 Å². The van der Waals surface area contributed by atoms with Gasteiger partial charge in [-0.05, 0) is 45.6 Å². The van der Waals surface area contributed by atoms with Gasteiger partial charge in [0.2, 0.25) is 0 Å². The summed E-state index contributed by atoms with van der Waals surface area (Å²) < 4.78 is 0.914. The van der Waals surface area contributed by atoms with Gasteiger partial charge in [-0.1, -0.05) is 48.0 Å². The topological polar surface area (TPSA) is 26.0 Å². The van der Waals surface area contributed by atoms with E-state index in [1.807, 2.05) is 36.4 Å². The number of rotatable bonds is 3. The molecule has 0 aliphatic heterocycles. The Kier molecular flexibility index (Phi) is 4.21. The van der Waals surface area contributed by atoms with Crippen LogP contribution in [0, 0.1) is 0 Å². The molecule has 2 N–H and O–H groups in total. The van der Waals surface area contributed by atoms with E-state index in [1.165, 1.54) is 5.56 Å². The fourth-order valence-electron chi connectivity index (χ4n) is 1.74. The Hall–Kier alpha value is -0.830. The fourth-order valence-corrected chi connectivity index (χ4v) is 2.28. The van der Waals surface area contributed by atoms with Gasteiger partial charge < -0.3 is 5.73 Å². The van der Waals surface area contributed by atoms with Crippen LogP contribution >= 0.6 is 27.5 Å². The molecule has 1 atom stereocenters. The summed E-state index contributed by atoms with van der Waals surface area (Å²) in [7, 11) is 0. The first-order chi connectivity index (χ1) is 8.16. The quantitative estimate of drug-likeness (QED) is 0.896. The predicted octanol–water partition coefficient (Wildman–Crippen LogP) is 4.35. The second kappa shape index (κ2) is 5.67. The van der Waals surface area contributed by atoms with Crippen LogP contribution in [0.1, 0.15) is 17.2 Å². The second-order valence-corrected chi connectivity index (χ2v) is 5.23. The van der Waals surface area contributed by atoms with E-state index in [-0.39, 0.29) is 6.04 Å². The maximum atomic E-state index is 6.17. The third-order valence-corrected chi connectivity index (χ3v) is 3.88. The van der Waals surface area contributed by atoms with Crippen LogP contribution in [-0.4, -0.2) is 0 Å². The van der Waals surface area contributed by atoms with E-state index in [4.69, 9.17) is 17.3 Å². The van der Waals surface area contributed by atoms with Crippen molar-refractivity contribution in [1.82, 2.24) is 0 Å². The summed E-state index contributed by atoms with van der Waals surface area (Å²) in [5.74, 6) is 0. The van der Waals surface area contributed by atoms with Gasteiger partial charge in [-0.25, -0.2) is 0 Å². The summed E-state index contributed by atoms with van der Waals surface area (Å²) in [5.41, 5.74) is 8.50. The van der Waals surface area contributed by atoms with Gasteiger partial charge in [0.25, 0.3) is 0 Å². The van der Waals surface area contributed by atoms with Crippen molar-refractivity contribution in [1.29, 1.82) is 0 Å². The third-order valence-electron chi connectivity index (χ3n) is 2.67. The Morgan fingerprint density at radius 3 is 2.47 bits per heavy atom. The molecule has 1 nitrogen and oxygen atoms in total. The Bertz CT molecular complexity index is 499. The number of halogens is 2. The van der Waals surface area contributed by atoms with Crippen molar-refractivity contribution >= 4 is 27.5 Å². The second-order valence-electron chi connectivity index (χ2n) is 3.97. The van der Waals surface area contributed by atoms with E-state index >= 15 is 0 Å². The van der Waals surface area contributed by atoms with Gasteiger partial charge in [0.1, 0.15) is 0 Å². The summed E-state index contributed by atoms with van der Waals surface area (Å²) >= 11 is 9.38. The van der Waals surface area contributed by atoms with Crippen molar-refractivity contribution in [2.24, 2.45) is 5.73 Å². The Morgan fingerprint density at radius 1 is 1.12 bits per heavy atom. The molecule has 88 valence electrons. The molecule has 0 amide bonds. The molecule has 17 heavy (non-hydrogen) atoms. The molecular weight excluding hydrogens is 298 g/mol. The minimum atomic E-state index is 0.0178. The van der Waals surface area contributed by atoms with Crippen LogP contribution in [0.4, 0.5) is 0 Å². The predicted molar refractivity (Wildman–Crippen MR) is 76.2 cm³/mol. The van der Waals surface area contributed by atoms with Gasteiger partial charge in [0.05, 0.1) is 5.02 Å². The molecule has 2 aromatic rings. The van der Waals surface area contributed by atoms with E-state index in [0.29, 0.717) is 0 Å². The summed E-state index contributed by atoms with van der Waals surface area (Å²) in [6.45, 7) is 0. The zero-order valence-corrected chi connectivity index (χ0v) is 11.6. The lowest BCUT2D eigenvalue weighted by Crippen LogP contribution is -2.13. The van der Waals surface area contributed by atoms with Crippen LogP contribution in [0.5, 0.6) is 0 Å². The molecule has 0 saturated heterocycles. The lowest BCUT2D eigenvalue weighted by molar-refractivity contribution is 0.722. The average molecular weight is 311 g/mol. The Labute approximate surface area is 115 Å². The van der Waals surface area contributed by atoms with Crippen molar-refractivity contribution in [3.63, 3.8) is 0 Å².